The molecule has 2 N–H and O–H groups in total. The standard InChI is InChI=1S/C20H19F3N4O4/c1-29-15-9-5-14(6-10-15)27-17(25-18(26-27)20(21,22)23)13-3-7-16(8-4-13)30-11-2-12-31-19(24)28/h3-10H,2,11-12H2,1H3,(H2,24,28). The Morgan fingerprint density at radius 3 is 2.26 bits per heavy atom. The van der Waals surface area contributed by atoms with Crippen LogP contribution in [-0.4, -0.2) is 41.2 Å². The zero-order valence-electron chi connectivity index (χ0n) is 16.4. The van der Waals surface area contributed by atoms with E-state index in [2.05, 4.69) is 14.8 Å². The van der Waals surface area contributed by atoms with E-state index in [0.29, 0.717) is 29.2 Å². The van der Waals surface area contributed by atoms with Gasteiger partial charge in [0, 0.05) is 12.0 Å². The van der Waals surface area contributed by atoms with Crippen LogP contribution in [0.4, 0.5) is 18.0 Å². The summed E-state index contributed by atoms with van der Waals surface area (Å²) in [5.74, 6) is -0.162. The molecule has 0 bridgehead atoms. The largest absolute Gasteiger partial charge is 0.497 e. The number of nitrogens with two attached hydrogens (primary N) is 1. The number of hydrogen-bond donors (Lipinski definition) is 1. The summed E-state index contributed by atoms with van der Waals surface area (Å²) in [5, 5.41) is 3.65. The molecule has 0 saturated carbocycles. The number of hydrogen-bond acceptors (Lipinski definition) is 6. The highest BCUT2D eigenvalue weighted by molar-refractivity contribution is 5.64. The number of carbonyl (C=O) groups excluding carboxylic acids is 1. The Morgan fingerprint density at radius 2 is 1.68 bits per heavy atom. The highest BCUT2D eigenvalue weighted by Crippen LogP contribution is 2.31. The van der Waals surface area contributed by atoms with Gasteiger partial charge in [0.25, 0.3) is 5.82 Å². The van der Waals surface area contributed by atoms with E-state index in [4.69, 9.17) is 15.2 Å². The van der Waals surface area contributed by atoms with Crippen molar-refractivity contribution in [2.24, 2.45) is 5.73 Å². The first kappa shape index (κ1) is 21.9. The first-order chi connectivity index (χ1) is 14.8. The predicted molar refractivity (Wildman–Crippen MR) is 104 cm³/mol. The van der Waals surface area contributed by atoms with Crippen LogP contribution in [-0.2, 0) is 10.9 Å². The Labute approximate surface area is 175 Å². The summed E-state index contributed by atoms with van der Waals surface area (Å²) in [6, 6.07) is 12.8. The molecule has 1 amide bonds. The molecule has 0 aliphatic rings. The van der Waals surface area contributed by atoms with Crippen LogP contribution >= 0.6 is 0 Å². The van der Waals surface area contributed by atoms with Crippen LogP contribution in [0.2, 0.25) is 0 Å². The monoisotopic (exact) mass is 436 g/mol. The SMILES string of the molecule is COc1ccc(-n2nc(C(F)(F)F)nc2-c2ccc(OCCCOC(N)=O)cc2)cc1. The summed E-state index contributed by atoms with van der Waals surface area (Å²) in [6.45, 7) is 0.394. The number of alkyl halides is 3. The molecule has 164 valence electrons. The fourth-order valence-electron chi connectivity index (χ4n) is 2.64. The summed E-state index contributed by atoms with van der Waals surface area (Å²) in [4.78, 5) is 14.2. The fraction of sp³-hybridized carbons (Fsp3) is 0.250. The maximum Gasteiger partial charge on any atom is 0.453 e. The van der Waals surface area contributed by atoms with Crippen molar-refractivity contribution in [1.82, 2.24) is 14.8 Å². The Kier molecular flexibility index (Phi) is 6.63. The van der Waals surface area contributed by atoms with Crippen LogP contribution in [0.3, 0.4) is 0 Å². The predicted octanol–water partition coefficient (Wildman–Crippen LogP) is 3.83. The molecule has 0 spiro atoms. The van der Waals surface area contributed by atoms with Gasteiger partial charge in [-0.05, 0) is 48.5 Å². The van der Waals surface area contributed by atoms with Gasteiger partial charge in [-0.1, -0.05) is 0 Å². The molecule has 0 radical (unpaired) electrons. The van der Waals surface area contributed by atoms with Gasteiger partial charge in [-0.2, -0.15) is 13.2 Å². The van der Waals surface area contributed by atoms with E-state index in [1.165, 1.54) is 7.11 Å². The number of rotatable bonds is 8. The normalized spacial score (nSPS) is 11.2. The summed E-state index contributed by atoms with van der Waals surface area (Å²) in [5.41, 5.74) is 5.68. The van der Waals surface area contributed by atoms with Crippen LogP contribution in [0, 0.1) is 0 Å². The minimum atomic E-state index is -4.69. The number of ether oxygens (including phenoxy) is 3. The third-order valence-corrected chi connectivity index (χ3v) is 4.09. The molecular weight excluding hydrogens is 417 g/mol. The van der Waals surface area contributed by atoms with Crippen LogP contribution < -0.4 is 15.2 Å². The van der Waals surface area contributed by atoms with Crippen molar-refractivity contribution < 1.29 is 32.2 Å². The molecule has 3 rings (SSSR count). The van der Waals surface area contributed by atoms with E-state index in [0.717, 1.165) is 4.68 Å². The van der Waals surface area contributed by atoms with E-state index >= 15 is 0 Å². The zero-order chi connectivity index (χ0) is 22.4. The fourth-order valence-corrected chi connectivity index (χ4v) is 2.64. The van der Waals surface area contributed by atoms with E-state index < -0.39 is 18.1 Å². The van der Waals surface area contributed by atoms with Crippen molar-refractivity contribution in [2.75, 3.05) is 20.3 Å². The second kappa shape index (κ2) is 9.37. The number of amides is 1. The first-order valence-corrected chi connectivity index (χ1v) is 9.12. The van der Waals surface area contributed by atoms with Crippen molar-refractivity contribution in [1.29, 1.82) is 0 Å². The molecule has 3 aromatic rings. The summed E-state index contributed by atoms with van der Waals surface area (Å²) in [7, 11) is 1.49. The van der Waals surface area contributed by atoms with Crippen LogP contribution in [0.25, 0.3) is 17.1 Å². The number of primary amides is 1. The highest BCUT2D eigenvalue weighted by Gasteiger charge is 2.37. The number of benzene rings is 2. The average Bonchev–Trinajstić information content (AvgIpc) is 3.20. The van der Waals surface area contributed by atoms with E-state index in [-0.39, 0.29) is 19.0 Å². The van der Waals surface area contributed by atoms with Crippen molar-refractivity contribution in [3.8, 4) is 28.6 Å². The second-order valence-corrected chi connectivity index (χ2v) is 6.26. The first-order valence-electron chi connectivity index (χ1n) is 9.12. The molecule has 11 heteroatoms. The van der Waals surface area contributed by atoms with Gasteiger partial charge in [0.15, 0.2) is 5.82 Å². The molecule has 1 heterocycles. The lowest BCUT2D eigenvalue weighted by Gasteiger charge is -2.09. The molecule has 0 aliphatic heterocycles. The molecule has 0 aliphatic carbocycles. The topological polar surface area (TPSA) is 101 Å². The smallest absolute Gasteiger partial charge is 0.453 e. The number of nitrogens with zero attached hydrogens (tertiary/aromatic N) is 3. The van der Waals surface area contributed by atoms with Crippen molar-refractivity contribution in [3.05, 3.63) is 54.4 Å². The van der Waals surface area contributed by atoms with Crippen molar-refractivity contribution in [2.45, 2.75) is 12.6 Å². The molecule has 31 heavy (non-hydrogen) atoms. The third-order valence-electron chi connectivity index (χ3n) is 4.09. The van der Waals surface area contributed by atoms with Gasteiger partial charge in [0.1, 0.15) is 11.5 Å². The van der Waals surface area contributed by atoms with Crippen molar-refractivity contribution in [3.63, 3.8) is 0 Å². The number of methoxy groups -OCH3 is 1. The lowest BCUT2D eigenvalue weighted by Crippen LogP contribution is -2.15. The molecular formula is C20H19F3N4O4. The molecule has 0 saturated heterocycles. The van der Waals surface area contributed by atoms with Crippen LogP contribution in [0.1, 0.15) is 12.2 Å². The maximum atomic E-state index is 13.2. The molecule has 0 unspecified atom stereocenters. The Bertz CT molecular complexity index is 1020. The lowest BCUT2D eigenvalue weighted by molar-refractivity contribution is -0.144. The Hall–Kier alpha value is -3.76. The van der Waals surface area contributed by atoms with E-state index in [1.807, 2.05) is 0 Å². The number of aromatic nitrogens is 3. The molecule has 2 aromatic carbocycles. The lowest BCUT2D eigenvalue weighted by atomic mass is 10.2. The summed E-state index contributed by atoms with van der Waals surface area (Å²) in [6.07, 6.45) is -5.11. The molecule has 1 aromatic heterocycles. The van der Waals surface area contributed by atoms with Gasteiger partial charge in [-0.3, -0.25) is 0 Å². The van der Waals surface area contributed by atoms with Gasteiger partial charge in [0.2, 0.25) is 0 Å². The van der Waals surface area contributed by atoms with Gasteiger partial charge in [-0.15, -0.1) is 5.10 Å². The molecule has 8 nitrogen and oxygen atoms in total. The van der Waals surface area contributed by atoms with Crippen molar-refractivity contribution >= 4 is 6.09 Å². The van der Waals surface area contributed by atoms with E-state index in [9.17, 15) is 18.0 Å². The van der Waals surface area contributed by atoms with Gasteiger partial charge in [-0.25, -0.2) is 14.5 Å². The number of halogens is 3. The Morgan fingerprint density at radius 1 is 1.03 bits per heavy atom. The van der Waals surface area contributed by atoms with E-state index in [1.54, 1.807) is 48.5 Å². The minimum absolute atomic E-state index is 0.0268. The summed E-state index contributed by atoms with van der Waals surface area (Å²) < 4.78 is 56.0. The minimum Gasteiger partial charge on any atom is -0.497 e. The zero-order valence-corrected chi connectivity index (χ0v) is 16.4. The molecule has 0 atom stereocenters. The van der Waals surface area contributed by atoms with Gasteiger partial charge < -0.3 is 19.9 Å². The second-order valence-electron chi connectivity index (χ2n) is 6.26. The number of carbonyl (C=O) groups is 1. The summed E-state index contributed by atoms with van der Waals surface area (Å²) >= 11 is 0. The quantitative estimate of drug-likeness (QED) is 0.539. The van der Waals surface area contributed by atoms with Gasteiger partial charge in [0.05, 0.1) is 26.0 Å². The highest BCUT2D eigenvalue weighted by atomic mass is 19.4. The Balaban J connectivity index is 1.82. The average molecular weight is 436 g/mol. The van der Waals surface area contributed by atoms with Gasteiger partial charge >= 0.3 is 12.3 Å². The maximum absolute atomic E-state index is 13.2. The third kappa shape index (κ3) is 5.65. The van der Waals surface area contributed by atoms with Crippen LogP contribution in [0.5, 0.6) is 11.5 Å². The van der Waals surface area contributed by atoms with Crippen LogP contribution in [0.15, 0.2) is 48.5 Å². The molecule has 0 fully saturated rings.